The van der Waals surface area contributed by atoms with E-state index in [0.29, 0.717) is 11.2 Å². The van der Waals surface area contributed by atoms with E-state index in [9.17, 15) is 0 Å². The van der Waals surface area contributed by atoms with Crippen molar-refractivity contribution < 1.29 is 0 Å². The number of hydrogen-bond acceptors (Lipinski definition) is 4. The Kier molecular flexibility index (Phi) is 4.40. The predicted molar refractivity (Wildman–Crippen MR) is 75.3 cm³/mol. The Morgan fingerprint density at radius 1 is 1.22 bits per heavy atom. The van der Waals surface area contributed by atoms with Crippen LogP contribution in [0.2, 0.25) is 5.15 Å². The number of aromatic nitrogens is 2. The average molecular weight is 269 g/mol. The summed E-state index contributed by atoms with van der Waals surface area (Å²) in [5, 5.41) is 0.545. The highest BCUT2D eigenvalue weighted by Crippen LogP contribution is 2.18. The van der Waals surface area contributed by atoms with Crippen molar-refractivity contribution in [3.05, 3.63) is 17.0 Å². The molecule has 1 aromatic heterocycles. The molecule has 1 aromatic rings. The number of piperazine rings is 1. The molecule has 0 aliphatic carbocycles. The van der Waals surface area contributed by atoms with Gasteiger partial charge in [0.1, 0.15) is 16.8 Å². The summed E-state index contributed by atoms with van der Waals surface area (Å²) in [6, 6.07) is 2.48. The van der Waals surface area contributed by atoms with Crippen molar-refractivity contribution in [3.8, 4) is 0 Å². The van der Waals surface area contributed by atoms with Crippen molar-refractivity contribution in [2.45, 2.75) is 33.2 Å². The molecule has 100 valence electrons. The molecule has 18 heavy (non-hydrogen) atoms. The normalized spacial score (nSPS) is 17.5. The van der Waals surface area contributed by atoms with Gasteiger partial charge in [-0.25, -0.2) is 9.97 Å². The van der Waals surface area contributed by atoms with Gasteiger partial charge in [-0.05, 0) is 13.8 Å². The van der Waals surface area contributed by atoms with Crippen LogP contribution in [-0.4, -0.2) is 47.1 Å². The molecule has 0 bridgehead atoms. The number of halogens is 1. The van der Waals surface area contributed by atoms with Crippen LogP contribution in [0, 0.1) is 0 Å². The van der Waals surface area contributed by atoms with E-state index < -0.39 is 0 Å². The minimum Gasteiger partial charge on any atom is -0.354 e. The van der Waals surface area contributed by atoms with Crippen molar-refractivity contribution in [1.82, 2.24) is 14.9 Å². The van der Waals surface area contributed by atoms with Crippen LogP contribution in [0.3, 0.4) is 0 Å². The molecule has 0 spiro atoms. The zero-order valence-corrected chi connectivity index (χ0v) is 12.1. The molecule has 1 saturated heterocycles. The second-order valence-electron chi connectivity index (χ2n) is 4.94. The quantitative estimate of drug-likeness (QED) is 0.787. The van der Waals surface area contributed by atoms with Crippen molar-refractivity contribution in [1.29, 1.82) is 0 Å². The van der Waals surface area contributed by atoms with Gasteiger partial charge in [-0.15, -0.1) is 0 Å². The van der Waals surface area contributed by atoms with Crippen LogP contribution >= 0.6 is 11.6 Å². The maximum Gasteiger partial charge on any atom is 0.134 e. The van der Waals surface area contributed by atoms with Gasteiger partial charge in [-0.1, -0.05) is 18.5 Å². The van der Waals surface area contributed by atoms with Crippen LogP contribution in [0.5, 0.6) is 0 Å². The number of aryl methyl sites for hydroxylation is 1. The van der Waals surface area contributed by atoms with E-state index in [1.165, 1.54) is 0 Å². The fourth-order valence-electron chi connectivity index (χ4n) is 2.24. The molecule has 2 rings (SSSR count). The van der Waals surface area contributed by atoms with Gasteiger partial charge < -0.3 is 4.90 Å². The third-order valence-corrected chi connectivity index (χ3v) is 3.61. The first-order valence-electron chi connectivity index (χ1n) is 6.62. The van der Waals surface area contributed by atoms with E-state index in [0.717, 1.165) is 44.2 Å². The zero-order valence-electron chi connectivity index (χ0n) is 11.4. The summed E-state index contributed by atoms with van der Waals surface area (Å²) in [6.07, 6.45) is 0.819. The molecule has 1 aliphatic rings. The van der Waals surface area contributed by atoms with Gasteiger partial charge in [-0.2, -0.15) is 0 Å². The maximum absolute atomic E-state index is 6.04. The Morgan fingerprint density at radius 3 is 2.44 bits per heavy atom. The van der Waals surface area contributed by atoms with Crippen molar-refractivity contribution in [2.75, 3.05) is 31.1 Å². The van der Waals surface area contributed by atoms with Crippen LogP contribution in [0.1, 0.15) is 26.6 Å². The van der Waals surface area contributed by atoms with Gasteiger partial charge in [0.25, 0.3) is 0 Å². The first-order valence-corrected chi connectivity index (χ1v) is 7.00. The van der Waals surface area contributed by atoms with E-state index in [1.54, 1.807) is 0 Å². The lowest BCUT2D eigenvalue weighted by Gasteiger charge is -2.37. The molecule has 0 atom stereocenters. The topological polar surface area (TPSA) is 32.3 Å². The highest BCUT2D eigenvalue weighted by Gasteiger charge is 2.20. The second kappa shape index (κ2) is 5.85. The van der Waals surface area contributed by atoms with Crippen LogP contribution in [0.4, 0.5) is 5.82 Å². The maximum atomic E-state index is 6.04. The van der Waals surface area contributed by atoms with Gasteiger partial charge in [0.15, 0.2) is 0 Å². The molecule has 0 amide bonds. The second-order valence-corrected chi connectivity index (χ2v) is 5.32. The summed E-state index contributed by atoms with van der Waals surface area (Å²) in [5.74, 6) is 1.79. The molecule has 4 nitrogen and oxygen atoms in total. The minimum absolute atomic E-state index is 0.545. The molecule has 1 fully saturated rings. The molecule has 0 radical (unpaired) electrons. The third-order valence-electron chi connectivity index (χ3n) is 3.41. The Bertz CT molecular complexity index is 400. The first kappa shape index (κ1) is 13.6. The largest absolute Gasteiger partial charge is 0.354 e. The van der Waals surface area contributed by atoms with E-state index >= 15 is 0 Å². The number of anilines is 1. The van der Waals surface area contributed by atoms with E-state index in [2.05, 4.69) is 33.6 Å². The number of hydrogen-bond donors (Lipinski definition) is 0. The van der Waals surface area contributed by atoms with Gasteiger partial charge in [-0.3, -0.25) is 4.90 Å². The summed E-state index contributed by atoms with van der Waals surface area (Å²) in [4.78, 5) is 13.5. The fourth-order valence-corrected chi connectivity index (χ4v) is 2.43. The predicted octanol–water partition coefficient (Wildman–Crippen LogP) is 2.22. The van der Waals surface area contributed by atoms with Crippen LogP contribution in [0.25, 0.3) is 0 Å². The highest BCUT2D eigenvalue weighted by molar-refractivity contribution is 6.29. The van der Waals surface area contributed by atoms with E-state index in [-0.39, 0.29) is 0 Å². The van der Waals surface area contributed by atoms with Gasteiger partial charge in [0.2, 0.25) is 0 Å². The molecule has 0 saturated carbocycles. The van der Waals surface area contributed by atoms with E-state index in [4.69, 9.17) is 11.6 Å². The Balaban J connectivity index is 2.07. The molecule has 0 aromatic carbocycles. The molecule has 1 aliphatic heterocycles. The molecular weight excluding hydrogens is 248 g/mol. The molecule has 0 unspecified atom stereocenters. The monoisotopic (exact) mass is 268 g/mol. The van der Waals surface area contributed by atoms with Crippen molar-refractivity contribution in [2.24, 2.45) is 0 Å². The average Bonchev–Trinajstić information content (AvgIpc) is 2.38. The zero-order chi connectivity index (χ0) is 13.1. The fraction of sp³-hybridized carbons (Fsp3) is 0.692. The lowest BCUT2D eigenvalue weighted by Crippen LogP contribution is -2.49. The minimum atomic E-state index is 0.545. The Labute approximate surface area is 114 Å². The summed E-state index contributed by atoms with van der Waals surface area (Å²) in [7, 11) is 0. The number of nitrogens with zero attached hydrogens (tertiary/aromatic N) is 4. The van der Waals surface area contributed by atoms with Crippen molar-refractivity contribution in [3.63, 3.8) is 0 Å². The third kappa shape index (κ3) is 3.12. The summed E-state index contributed by atoms with van der Waals surface area (Å²) < 4.78 is 0. The molecule has 0 N–H and O–H groups in total. The highest BCUT2D eigenvalue weighted by atomic mass is 35.5. The Morgan fingerprint density at radius 2 is 1.89 bits per heavy atom. The first-order chi connectivity index (χ1) is 8.60. The van der Waals surface area contributed by atoms with Gasteiger partial charge in [0.05, 0.1) is 0 Å². The smallest absolute Gasteiger partial charge is 0.134 e. The van der Waals surface area contributed by atoms with Gasteiger partial charge in [0, 0.05) is 44.7 Å². The molecular formula is C13H21ClN4. The summed E-state index contributed by atoms with van der Waals surface area (Å²) in [5.41, 5.74) is 0. The SMILES string of the molecule is CCc1nc(Cl)cc(N2CCN(C(C)C)CC2)n1. The van der Waals surface area contributed by atoms with Crippen LogP contribution < -0.4 is 4.90 Å². The Hall–Kier alpha value is -0.870. The number of rotatable bonds is 3. The van der Waals surface area contributed by atoms with Crippen LogP contribution in [0.15, 0.2) is 6.07 Å². The lowest BCUT2D eigenvalue weighted by molar-refractivity contribution is 0.209. The van der Waals surface area contributed by atoms with E-state index in [1.807, 2.05) is 13.0 Å². The standard InChI is InChI=1S/C13H21ClN4/c1-4-12-15-11(14)9-13(16-12)18-7-5-17(6-8-18)10(2)3/h9-10H,4-8H2,1-3H3. The molecule has 5 heteroatoms. The van der Waals surface area contributed by atoms with Crippen LogP contribution in [-0.2, 0) is 6.42 Å². The van der Waals surface area contributed by atoms with Gasteiger partial charge >= 0.3 is 0 Å². The summed E-state index contributed by atoms with van der Waals surface area (Å²) >= 11 is 6.04. The lowest BCUT2D eigenvalue weighted by atomic mass is 10.2. The molecule has 2 heterocycles. The summed E-state index contributed by atoms with van der Waals surface area (Å²) in [6.45, 7) is 10.7. The van der Waals surface area contributed by atoms with Crippen molar-refractivity contribution >= 4 is 17.4 Å².